The Kier molecular flexibility index (Phi) is 3.58. The van der Waals surface area contributed by atoms with Crippen LogP contribution < -0.4 is 4.90 Å². The van der Waals surface area contributed by atoms with Crippen molar-refractivity contribution < 1.29 is 4.79 Å². The number of hydrogen-bond acceptors (Lipinski definition) is 6. The number of carbonyl (C=O) groups is 1. The van der Waals surface area contributed by atoms with E-state index in [-0.39, 0.29) is 5.91 Å². The van der Waals surface area contributed by atoms with Crippen molar-refractivity contribution in [1.82, 2.24) is 34.3 Å². The molecule has 134 valence electrons. The lowest BCUT2D eigenvalue weighted by Gasteiger charge is -2.35. The van der Waals surface area contributed by atoms with E-state index in [4.69, 9.17) is 0 Å². The van der Waals surface area contributed by atoms with E-state index >= 15 is 0 Å². The van der Waals surface area contributed by atoms with Gasteiger partial charge in [0.25, 0.3) is 5.91 Å². The van der Waals surface area contributed by atoms with Crippen LogP contribution in [0.2, 0.25) is 0 Å². The molecule has 3 aromatic rings. The zero-order valence-corrected chi connectivity index (χ0v) is 14.5. The van der Waals surface area contributed by atoms with Gasteiger partial charge < -0.3 is 14.4 Å². The minimum absolute atomic E-state index is 0.0108. The molecule has 9 nitrogen and oxygen atoms in total. The zero-order chi connectivity index (χ0) is 17.5. The second-order valence-electron chi connectivity index (χ2n) is 6.75. The molecule has 2 aliphatic heterocycles. The average Bonchev–Trinajstić information content (AvgIpc) is 3.34. The number of aryl methyl sites for hydroxylation is 1. The molecule has 3 aromatic heterocycles. The molecule has 0 spiro atoms. The molecule has 26 heavy (non-hydrogen) atoms. The summed E-state index contributed by atoms with van der Waals surface area (Å²) >= 11 is 0. The quantitative estimate of drug-likeness (QED) is 0.672. The maximum Gasteiger partial charge on any atom is 0.291 e. The second kappa shape index (κ2) is 6.08. The summed E-state index contributed by atoms with van der Waals surface area (Å²) < 4.78 is 3.77. The van der Waals surface area contributed by atoms with Crippen molar-refractivity contribution in [3.05, 3.63) is 36.2 Å². The Bertz CT molecular complexity index is 953. The van der Waals surface area contributed by atoms with Gasteiger partial charge in [0.05, 0.1) is 0 Å². The van der Waals surface area contributed by atoms with Crippen LogP contribution in [-0.4, -0.2) is 66.3 Å². The SMILES string of the molecule is O=C(c1nnc2n1CCCC2)N1CCN(c2ccc3nccn3n2)CC1. The van der Waals surface area contributed by atoms with Crippen LogP contribution in [0, 0.1) is 0 Å². The summed E-state index contributed by atoms with van der Waals surface area (Å²) in [6, 6.07) is 3.94. The normalized spacial score (nSPS) is 17.5. The lowest BCUT2D eigenvalue weighted by molar-refractivity contribution is 0.0727. The predicted molar refractivity (Wildman–Crippen MR) is 94.1 cm³/mol. The molecule has 0 N–H and O–H groups in total. The number of aromatic nitrogens is 6. The third-order valence-electron chi connectivity index (χ3n) is 5.18. The first-order chi connectivity index (χ1) is 12.8. The molecule has 0 aromatic carbocycles. The van der Waals surface area contributed by atoms with E-state index in [0.29, 0.717) is 18.9 Å². The highest BCUT2D eigenvalue weighted by Gasteiger charge is 2.28. The predicted octanol–water partition coefficient (Wildman–Crippen LogP) is 0.619. The summed E-state index contributed by atoms with van der Waals surface area (Å²) in [6.07, 6.45) is 6.70. The van der Waals surface area contributed by atoms with Crippen LogP contribution in [0.5, 0.6) is 0 Å². The maximum atomic E-state index is 12.9. The van der Waals surface area contributed by atoms with Crippen molar-refractivity contribution in [2.45, 2.75) is 25.8 Å². The summed E-state index contributed by atoms with van der Waals surface area (Å²) in [5, 5.41) is 12.9. The van der Waals surface area contributed by atoms with Crippen LogP contribution in [0.3, 0.4) is 0 Å². The van der Waals surface area contributed by atoms with Gasteiger partial charge in [-0.1, -0.05) is 0 Å². The summed E-state index contributed by atoms with van der Waals surface area (Å²) in [6.45, 7) is 3.66. The third-order valence-corrected chi connectivity index (χ3v) is 5.18. The van der Waals surface area contributed by atoms with E-state index in [9.17, 15) is 4.79 Å². The molecule has 0 unspecified atom stereocenters. The Labute approximate surface area is 150 Å². The monoisotopic (exact) mass is 352 g/mol. The second-order valence-corrected chi connectivity index (χ2v) is 6.75. The summed E-state index contributed by atoms with van der Waals surface area (Å²) in [5.74, 6) is 2.33. The van der Waals surface area contributed by atoms with Crippen LogP contribution in [-0.2, 0) is 13.0 Å². The summed E-state index contributed by atoms with van der Waals surface area (Å²) in [4.78, 5) is 21.2. The minimum atomic E-state index is -0.0108. The van der Waals surface area contributed by atoms with Crippen LogP contribution in [0.15, 0.2) is 24.5 Å². The Morgan fingerprint density at radius 3 is 2.77 bits per heavy atom. The summed E-state index contributed by atoms with van der Waals surface area (Å²) in [5.41, 5.74) is 0.833. The first-order valence-corrected chi connectivity index (χ1v) is 9.06. The Morgan fingerprint density at radius 2 is 1.88 bits per heavy atom. The number of carbonyl (C=O) groups excluding carboxylic acids is 1. The van der Waals surface area contributed by atoms with Gasteiger partial charge in [-0.3, -0.25) is 4.79 Å². The van der Waals surface area contributed by atoms with E-state index in [2.05, 4.69) is 25.2 Å². The van der Waals surface area contributed by atoms with E-state index in [1.54, 1.807) is 10.7 Å². The van der Waals surface area contributed by atoms with Gasteiger partial charge in [0.2, 0.25) is 5.82 Å². The molecule has 5 heterocycles. The van der Waals surface area contributed by atoms with Gasteiger partial charge >= 0.3 is 0 Å². The number of hydrogen-bond donors (Lipinski definition) is 0. The van der Waals surface area contributed by atoms with Gasteiger partial charge in [-0.2, -0.15) is 0 Å². The fourth-order valence-electron chi connectivity index (χ4n) is 3.72. The molecule has 2 aliphatic rings. The highest BCUT2D eigenvalue weighted by molar-refractivity contribution is 5.91. The molecule has 0 bridgehead atoms. The van der Waals surface area contributed by atoms with Crippen molar-refractivity contribution >= 4 is 17.4 Å². The summed E-state index contributed by atoms with van der Waals surface area (Å²) in [7, 11) is 0. The standard InChI is InChI=1S/C17H20N8O/c26-17(16-20-19-14-3-1-2-7-24(14)16)23-11-9-22(10-12-23)15-5-4-13-18-6-8-25(13)21-15/h4-6,8H,1-3,7,9-12H2. The van der Waals surface area contributed by atoms with Crippen LogP contribution in [0.1, 0.15) is 29.3 Å². The first kappa shape index (κ1) is 15.3. The average molecular weight is 352 g/mol. The molecule has 0 radical (unpaired) electrons. The van der Waals surface area contributed by atoms with Crippen molar-refractivity contribution in [3.8, 4) is 0 Å². The van der Waals surface area contributed by atoms with Gasteiger partial charge in [0, 0.05) is 51.5 Å². The lowest BCUT2D eigenvalue weighted by Crippen LogP contribution is -2.49. The molecule has 0 aliphatic carbocycles. The largest absolute Gasteiger partial charge is 0.352 e. The Morgan fingerprint density at radius 1 is 1.00 bits per heavy atom. The van der Waals surface area contributed by atoms with E-state index < -0.39 is 0 Å². The maximum absolute atomic E-state index is 12.9. The van der Waals surface area contributed by atoms with Crippen molar-refractivity contribution in [2.75, 3.05) is 31.1 Å². The molecule has 0 atom stereocenters. The van der Waals surface area contributed by atoms with Gasteiger partial charge in [-0.05, 0) is 25.0 Å². The molecule has 1 amide bonds. The van der Waals surface area contributed by atoms with E-state index in [1.807, 2.05) is 27.8 Å². The number of piperazine rings is 1. The topological polar surface area (TPSA) is 84.5 Å². The molecule has 1 fully saturated rings. The van der Waals surface area contributed by atoms with E-state index in [1.165, 1.54) is 0 Å². The number of nitrogens with zero attached hydrogens (tertiary/aromatic N) is 8. The molecule has 1 saturated heterocycles. The Balaban J connectivity index is 1.29. The van der Waals surface area contributed by atoms with Crippen molar-refractivity contribution in [1.29, 1.82) is 0 Å². The molecule has 5 rings (SSSR count). The highest BCUT2D eigenvalue weighted by atomic mass is 16.2. The Hall–Kier alpha value is -2.97. The van der Waals surface area contributed by atoms with Gasteiger partial charge in [0.1, 0.15) is 11.6 Å². The zero-order valence-electron chi connectivity index (χ0n) is 14.5. The third kappa shape index (κ3) is 2.51. The van der Waals surface area contributed by atoms with Crippen molar-refractivity contribution in [3.63, 3.8) is 0 Å². The van der Waals surface area contributed by atoms with Gasteiger partial charge in [-0.15, -0.1) is 15.3 Å². The number of imidazole rings is 1. The van der Waals surface area contributed by atoms with Crippen molar-refractivity contribution in [2.24, 2.45) is 0 Å². The minimum Gasteiger partial charge on any atom is -0.352 e. The molecular weight excluding hydrogens is 332 g/mol. The first-order valence-electron chi connectivity index (χ1n) is 9.06. The number of rotatable bonds is 2. The van der Waals surface area contributed by atoms with Gasteiger partial charge in [-0.25, -0.2) is 9.50 Å². The number of amides is 1. The number of fused-ring (bicyclic) bond motifs is 2. The van der Waals surface area contributed by atoms with Crippen LogP contribution in [0.4, 0.5) is 5.82 Å². The number of anilines is 1. The lowest BCUT2D eigenvalue weighted by atomic mass is 10.1. The fourth-order valence-corrected chi connectivity index (χ4v) is 3.72. The molecular formula is C17H20N8O. The van der Waals surface area contributed by atoms with E-state index in [0.717, 1.165) is 56.2 Å². The fraction of sp³-hybridized carbons (Fsp3) is 0.471. The molecule has 0 saturated carbocycles. The van der Waals surface area contributed by atoms with Crippen LogP contribution in [0.25, 0.3) is 5.65 Å². The molecule has 9 heteroatoms. The van der Waals surface area contributed by atoms with Gasteiger partial charge in [0.15, 0.2) is 5.65 Å². The smallest absolute Gasteiger partial charge is 0.291 e. The highest BCUT2D eigenvalue weighted by Crippen LogP contribution is 2.18. The van der Waals surface area contributed by atoms with Crippen LogP contribution >= 0.6 is 0 Å².